The Balaban J connectivity index is 1.94. The molecule has 4 atom stereocenters. The summed E-state index contributed by atoms with van der Waals surface area (Å²) in [5.41, 5.74) is 2.13. The number of fused-ring (bicyclic) bond motifs is 2. The molecule has 2 aliphatic rings. The molecule has 0 saturated heterocycles. The van der Waals surface area contributed by atoms with E-state index < -0.39 is 28.6 Å². The quantitative estimate of drug-likeness (QED) is 0.464. The number of carboxylic acids is 1. The monoisotopic (exact) mass is 374 g/mol. The molecule has 0 heterocycles. The third kappa shape index (κ3) is 3.15. The lowest BCUT2D eigenvalue weighted by Gasteiger charge is -2.26. The van der Waals surface area contributed by atoms with Crippen molar-refractivity contribution in [3.8, 4) is 5.75 Å². The number of hydrogen-bond acceptors (Lipinski definition) is 5. The maximum absolute atomic E-state index is 13.0. The molecule has 1 aromatic carbocycles. The van der Waals surface area contributed by atoms with Crippen LogP contribution in [0.5, 0.6) is 5.75 Å². The molecule has 2 bridgehead atoms. The molecule has 2 fully saturated rings. The Morgan fingerprint density at radius 2 is 1.85 bits per heavy atom. The second-order valence-corrected chi connectivity index (χ2v) is 7.27. The van der Waals surface area contributed by atoms with E-state index in [1.54, 1.807) is 0 Å². The zero-order chi connectivity index (χ0) is 19.9. The molecule has 8 heteroatoms. The molecule has 0 aliphatic heterocycles. The van der Waals surface area contributed by atoms with Crippen molar-refractivity contribution in [2.45, 2.75) is 26.7 Å². The summed E-state index contributed by atoms with van der Waals surface area (Å²) in [6.07, 6.45) is 1.55. The molecule has 0 unspecified atom stereocenters. The molecule has 0 radical (unpaired) electrons. The minimum atomic E-state index is -0.980. The van der Waals surface area contributed by atoms with Crippen LogP contribution in [0.25, 0.3) is 0 Å². The van der Waals surface area contributed by atoms with Gasteiger partial charge in [0.15, 0.2) is 0 Å². The molecule has 1 aromatic rings. The minimum absolute atomic E-state index is 0.106. The SMILES string of the molecule is COc1ccc([N+](=O)[O-])cc1NC(=O)[C@H]1[C@@H](C(=O)O)[C@H]2CC[C@@H]1C2=C(C)C. The molecule has 2 N–H and O–H groups in total. The first kappa shape index (κ1) is 18.9. The van der Waals surface area contributed by atoms with E-state index in [0.29, 0.717) is 0 Å². The lowest BCUT2D eigenvalue weighted by molar-refractivity contribution is -0.384. The number of anilines is 1. The highest BCUT2D eigenvalue weighted by Gasteiger charge is 2.57. The van der Waals surface area contributed by atoms with E-state index in [4.69, 9.17) is 4.74 Å². The maximum Gasteiger partial charge on any atom is 0.307 e. The van der Waals surface area contributed by atoms with Crippen LogP contribution in [0.15, 0.2) is 29.3 Å². The predicted octanol–water partition coefficient (Wildman–Crippen LogP) is 3.24. The molecule has 27 heavy (non-hydrogen) atoms. The average molecular weight is 374 g/mol. The van der Waals surface area contributed by atoms with Crippen molar-refractivity contribution in [3.05, 3.63) is 39.5 Å². The normalized spacial score (nSPS) is 26.0. The van der Waals surface area contributed by atoms with Crippen LogP contribution in [0.2, 0.25) is 0 Å². The molecule has 0 spiro atoms. The molecule has 0 aromatic heterocycles. The Morgan fingerprint density at radius 1 is 1.22 bits per heavy atom. The number of ether oxygens (including phenoxy) is 1. The number of non-ortho nitro benzene ring substituents is 1. The van der Waals surface area contributed by atoms with Crippen molar-refractivity contribution in [2.24, 2.45) is 23.7 Å². The summed E-state index contributed by atoms with van der Waals surface area (Å²) in [4.78, 5) is 35.4. The first-order valence-corrected chi connectivity index (χ1v) is 8.79. The zero-order valence-electron chi connectivity index (χ0n) is 15.4. The third-order valence-corrected chi connectivity index (χ3v) is 5.66. The number of rotatable bonds is 5. The van der Waals surface area contributed by atoms with E-state index in [1.807, 2.05) is 13.8 Å². The summed E-state index contributed by atoms with van der Waals surface area (Å²) < 4.78 is 5.18. The molecular weight excluding hydrogens is 352 g/mol. The van der Waals surface area contributed by atoms with Gasteiger partial charge in [-0.25, -0.2) is 0 Å². The molecule has 1 amide bonds. The van der Waals surface area contributed by atoms with Crippen molar-refractivity contribution in [3.63, 3.8) is 0 Å². The predicted molar refractivity (Wildman–Crippen MR) is 97.5 cm³/mol. The summed E-state index contributed by atoms with van der Waals surface area (Å²) in [5.74, 6) is -2.84. The average Bonchev–Trinajstić information content (AvgIpc) is 3.17. The van der Waals surface area contributed by atoms with Gasteiger partial charge in [-0.05, 0) is 44.6 Å². The number of methoxy groups -OCH3 is 1. The van der Waals surface area contributed by atoms with E-state index in [-0.39, 0.29) is 29.0 Å². The van der Waals surface area contributed by atoms with Crippen LogP contribution in [-0.2, 0) is 9.59 Å². The number of nitro benzene ring substituents is 1. The van der Waals surface area contributed by atoms with Crippen LogP contribution >= 0.6 is 0 Å². The fourth-order valence-corrected chi connectivity index (χ4v) is 4.73. The lowest BCUT2D eigenvalue weighted by Crippen LogP contribution is -2.37. The zero-order valence-corrected chi connectivity index (χ0v) is 15.4. The first-order valence-electron chi connectivity index (χ1n) is 8.79. The van der Waals surface area contributed by atoms with Gasteiger partial charge in [-0.15, -0.1) is 0 Å². The molecular formula is C19H22N2O6. The Labute approximate surface area is 156 Å². The number of nitrogens with one attached hydrogen (secondary N) is 1. The number of aliphatic carboxylic acids is 1. The van der Waals surface area contributed by atoms with Crippen LogP contribution in [-0.4, -0.2) is 29.0 Å². The van der Waals surface area contributed by atoms with E-state index in [9.17, 15) is 24.8 Å². The van der Waals surface area contributed by atoms with Gasteiger partial charge < -0.3 is 15.2 Å². The standard InChI is InChI=1S/C19H22N2O6/c1-9(2)15-11-5-6-12(15)17(19(23)24)16(11)18(22)20-13-8-10(21(25)26)4-7-14(13)27-3/h4,7-8,11-12,16-17H,5-6H2,1-3H3,(H,20,22)(H,23,24)/t11-,12+,16-,17+/m1/s1. The van der Waals surface area contributed by atoms with Gasteiger partial charge in [-0.3, -0.25) is 19.7 Å². The largest absolute Gasteiger partial charge is 0.495 e. The number of hydrogen-bond donors (Lipinski definition) is 2. The highest BCUT2D eigenvalue weighted by Crippen LogP contribution is 2.57. The minimum Gasteiger partial charge on any atom is -0.495 e. The van der Waals surface area contributed by atoms with Crippen LogP contribution in [0.4, 0.5) is 11.4 Å². The van der Waals surface area contributed by atoms with E-state index >= 15 is 0 Å². The third-order valence-electron chi connectivity index (χ3n) is 5.66. The topological polar surface area (TPSA) is 119 Å². The summed E-state index contributed by atoms with van der Waals surface area (Å²) in [6, 6.07) is 3.92. The summed E-state index contributed by atoms with van der Waals surface area (Å²) in [5, 5.41) is 23.4. The van der Waals surface area contributed by atoms with Gasteiger partial charge in [0.25, 0.3) is 5.69 Å². The number of allylic oxidation sites excluding steroid dienone is 2. The number of carbonyl (C=O) groups is 2. The van der Waals surface area contributed by atoms with E-state index in [1.165, 1.54) is 25.3 Å². The fraction of sp³-hybridized carbons (Fsp3) is 0.474. The Kier molecular flexibility index (Phi) is 4.91. The number of nitro groups is 1. The Bertz CT molecular complexity index is 843. The number of nitrogens with zero attached hydrogens (tertiary/aromatic N) is 1. The van der Waals surface area contributed by atoms with Crippen LogP contribution in [0.1, 0.15) is 26.7 Å². The second-order valence-electron chi connectivity index (χ2n) is 7.27. The van der Waals surface area contributed by atoms with Crippen molar-refractivity contribution in [1.29, 1.82) is 0 Å². The van der Waals surface area contributed by atoms with E-state index in [2.05, 4.69) is 5.32 Å². The number of carbonyl (C=O) groups excluding carboxylic acids is 1. The van der Waals surface area contributed by atoms with Gasteiger partial charge in [0.05, 0.1) is 29.6 Å². The van der Waals surface area contributed by atoms with Gasteiger partial charge in [0, 0.05) is 12.1 Å². The summed E-state index contributed by atoms with van der Waals surface area (Å²) in [6.45, 7) is 3.90. The molecule has 2 saturated carbocycles. The number of benzene rings is 1. The van der Waals surface area contributed by atoms with Gasteiger partial charge in [-0.1, -0.05) is 11.1 Å². The number of carboxylic acid groups (broad SMARTS) is 1. The molecule has 2 aliphatic carbocycles. The van der Waals surface area contributed by atoms with Crippen molar-refractivity contribution in [1.82, 2.24) is 0 Å². The Hall–Kier alpha value is -2.90. The van der Waals surface area contributed by atoms with Crippen molar-refractivity contribution >= 4 is 23.3 Å². The summed E-state index contributed by atoms with van der Waals surface area (Å²) in [7, 11) is 1.40. The fourth-order valence-electron chi connectivity index (χ4n) is 4.73. The highest BCUT2D eigenvalue weighted by molar-refractivity contribution is 5.98. The van der Waals surface area contributed by atoms with Crippen LogP contribution < -0.4 is 10.1 Å². The van der Waals surface area contributed by atoms with Crippen molar-refractivity contribution < 1.29 is 24.4 Å². The van der Waals surface area contributed by atoms with Gasteiger partial charge in [0.1, 0.15) is 5.75 Å². The first-order chi connectivity index (χ1) is 12.8. The van der Waals surface area contributed by atoms with Crippen molar-refractivity contribution in [2.75, 3.05) is 12.4 Å². The smallest absolute Gasteiger partial charge is 0.307 e. The van der Waals surface area contributed by atoms with E-state index in [0.717, 1.165) is 24.0 Å². The van der Waals surface area contributed by atoms with Gasteiger partial charge >= 0.3 is 5.97 Å². The lowest BCUT2D eigenvalue weighted by atomic mass is 9.78. The Morgan fingerprint density at radius 3 is 2.37 bits per heavy atom. The van der Waals surface area contributed by atoms with Gasteiger partial charge in [0.2, 0.25) is 5.91 Å². The maximum atomic E-state index is 13.0. The highest BCUT2D eigenvalue weighted by atomic mass is 16.6. The van der Waals surface area contributed by atoms with Gasteiger partial charge in [-0.2, -0.15) is 0 Å². The molecule has 8 nitrogen and oxygen atoms in total. The number of amides is 1. The second kappa shape index (κ2) is 7.02. The van der Waals surface area contributed by atoms with Crippen LogP contribution in [0, 0.1) is 33.8 Å². The molecule has 144 valence electrons. The summed E-state index contributed by atoms with van der Waals surface area (Å²) >= 11 is 0. The molecule has 3 rings (SSSR count). The van der Waals surface area contributed by atoms with Crippen LogP contribution in [0.3, 0.4) is 0 Å².